The molecule has 142 valence electrons. The minimum absolute atomic E-state index is 0.267. The van der Waals surface area contributed by atoms with E-state index in [1.54, 1.807) is 28.8 Å². The van der Waals surface area contributed by atoms with Crippen LogP contribution >= 0.6 is 11.3 Å². The number of thiazole rings is 1. The van der Waals surface area contributed by atoms with Crippen LogP contribution in [0.3, 0.4) is 0 Å². The van der Waals surface area contributed by atoms with Gasteiger partial charge in [0.25, 0.3) is 0 Å². The molecule has 0 N–H and O–H groups in total. The van der Waals surface area contributed by atoms with Crippen molar-refractivity contribution in [3.63, 3.8) is 0 Å². The zero-order chi connectivity index (χ0) is 19.1. The molecule has 1 aliphatic heterocycles. The molecule has 1 aliphatic rings. The van der Waals surface area contributed by atoms with Gasteiger partial charge in [0.1, 0.15) is 15.2 Å². The Balaban J connectivity index is 1.40. The van der Waals surface area contributed by atoms with Gasteiger partial charge >= 0.3 is 0 Å². The highest BCUT2D eigenvalue weighted by Gasteiger charge is 2.31. The largest absolute Gasteiger partial charge is 0.345 e. The van der Waals surface area contributed by atoms with Crippen molar-refractivity contribution in [2.45, 2.75) is 4.90 Å². The maximum atomic E-state index is 13.2. The molecule has 0 saturated carbocycles. The smallest absolute Gasteiger partial charge is 0.245 e. The second-order valence-electron chi connectivity index (χ2n) is 6.55. The highest BCUT2D eigenvalue weighted by molar-refractivity contribution is 7.89. The Labute approximate surface area is 166 Å². The lowest BCUT2D eigenvalue weighted by Crippen LogP contribution is -2.48. The molecular formula is C19H17N5O2S2. The zero-order valence-electron chi connectivity index (χ0n) is 14.9. The van der Waals surface area contributed by atoms with Crippen molar-refractivity contribution in [2.75, 3.05) is 31.1 Å². The van der Waals surface area contributed by atoms with Crippen LogP contribution in [0.1, 0.15) is 0 Å². The van der Waals surface area contributed by atoms with Crippen LogP contribution in [0.4, 0.5) is 5.13 Å². The van der Waals surface area contributed by atoms with Gasteiger partial charge in [-0.1, -0.05) is 29.5 Å². The van der Waals surface area contributed by atoms with Crippen LogP contribution < -0.4 is 4.90 Å². The molecule has 1 saturated heterocycles. The van der Waals surface area contributed by atoms with Crippen molar-refractivity contribution in [3.8, 4) is 0 Å². The quantitative estimate of drug-likeness (QED) is 0.516. The van der Waals surface area contributed by atoms with Crippen molar-refractivity contribution in [2.24, 2.45) is 0 Å². The molecule has 28 heavy (non-hydrogen) atoms. The summed E-state index contributed by atoms with van der Waals surface area (Å²) >= 11 is 1.54. The SMILES string of the molecule is O=S(=O)(c1cccc2cccnc12)N1CCN(c2nc3cccnc3s2)CC1. The first-order chi connectivity index (χ1) is 13.6. The van der Waals surface area contributed by atoms with Crippen molar-refractivity contribution in [3.05, 3.63) is 54.9 Å². The maximum absolute atomic E-state index is 13.2. The van der Waals surface area contributed by atoms with E-state index in [2.05, 4.69) is 19.9 Å². The van der Waals surface area contributed by atoms with E-state index in [9.17, 15) is 8.42 Å². The van der Waals surface area contributed by atoms with E-state index in [-0.39, 0.29) is 4.90 Å². The number of benzene rings is 1. The van der Waals surface area contributed by atoms with Gasteiger partial charge in [-0.3, -0.25) is 4.98 Å². The average Bonchev–Trinajstić information content (AvgIpc) is 3.18. The summed E-state index contributed by atoms with van der Waals surface area (Å²) in [7, 11) is -3.60. The topological polar surface area (TPSA) is 79.3 Å². The van der Waals surface area contributed by atoms with E-state index in [0.717, 1.165) is 20.9 Å². The first-order valence-corrected chi connectivity index (χ1v) is 11.2. The second kappa shape index (κ2) is 6.77. The number of aromatic nitrogens is 3. The predicted octanol–water partition coefficient (Wildman–Crippen LogP) is 2.75. The third-order valence-electron chi connectivity index (χ3n) is 4.88. The van der Waals surface area contributed by atoms with Crippen LogP contribution in [0.5, 0.6) is 0 Å². The number of hydrogen-bond donors (Lipinski definition) is 0. The third kappa shape index (κ3) is 2.92. The van der Waals surface area contributed by atoms with E-state index < -0.39 is 10.0 Å². The van der Waals surface area contributed by atoms with Gasteiger partial charge in [-0.2, -0.15) is 4.31 Å². The Morgan fingerprint density at radius 2 is 1.64 bits per heavy atom. The zero-order valence-corrected chi connectivity index (χ0v) is 16.5. The second-order valence-corrected chi connectivity index (χ2v) is 9.41. The lowest BCUT2D eigenvalue weighted by molar-refractivity contribution is 0.385. The molecule has 0 aliphatic carbocycles. The van der Waals surface area contributed by atoms with Gasteiger partial charge in [-0.25, -0.2) is 18.4 Å². The van der Waals surface area contributed by atoms with Gasteiger partial charge in [0, 0.05) is 44.0 Å². The molecule has 5 rings (SSSR count). The summed E-state index contributed by atoms with van der Waals surface area (Å²) in [4.78, 5) is 16.5. The van der Waals surface area contributed by atoms with Crippen LogP contribution in [0, 0.1) is 0 Å². The van der Waals surface area contributed by atoms with Crippen LogP contribution in [0.25, 0.3) is 21.3 Å². The van der Waals surface area contributed by atoms with Crippen molar-refractivity contribution >= 4 is 47.7 Å². The number of fused-ring (bicyclic) bond motifs is 2. The monoisotopic (exact) mass is 411 g/mol. The number of rotatable bonds is 3. The summed E-state index contributed by atoms with van der Waals surface area (Å²) < 4.78 is 28.0. The number of piperazine rings is 1. The van der Waals surface area contributed by atoms with Gasteiger partial charge in [-0.15, -0.1) is 0 Å². The van der Waals surface area contributed by atoms with Gasteiger partial charge in [0.2, 0.25) is 10.0 Å². The van der Waals surface area contributed by atoms with Gasteiger partial charge in [0.15, 0.2) is 5.13 Å². The Kier molecular flexibility index (Phi) is 4.22. The van der Waals surface area contributed by atoms with Crippen LogP contribution in [-0.2, 0) is 10.0 Å². The van der Waals surface area contributed by atoms with E-state index in [1.807, 2.05) is 30.3 Å². The number of pyridine rings is 2. The Bertz CT molecular complexity index is 1230. The number of anilines is 1. The number of sulfonamides is 1. The lowest BCUT2D eigenvalue weighted by atomic mass is 10.2. The summed E-state index contributed by atoms with van der Waals surface area (Å²) in [6.07, 6.45) is 3.38. The highest BCUT2D eigenvalue weighted by Crippen LogP contribution is 2.29. The van der Waals surface area contributed by atoms with Crippen LogP contribution in [-0.4, -0.2) is 53.9 Å². The normalized spacial score (nSPS) is 16.1. The van der Waals surface area contributed by atoms with E-state index >= 15 is 0 Å². The molecule has 4 aromatic rings. The summed E-state index contributed by atoms with van der Waals surface area (Å²) in [5.74, 6) is 0. The summed E-state index contributed by atoms with van der Waals surface area (Å²) in [6.45, 7) is 2.01. The molecule has 0 radical (unpaired) electrons. The van der Waals surface area contributed by atoms with Crippen molar-refractivity contribution in [1.29, 1.82) is 0 Å². The predicted molar refractivity (Wildman–Crippen MR) is 110 cm³/mol. The number of hydrogen-bond acceptors (Lipinski definition) is 7. The van der Waals surface area contributed by atoms with Gasteiger partial charge < -0.3 is 4.90 Å². The molecule has 0 unspecified atom stereocenters. The van der Waals surface area contributed by atoms with Crippen molar-refractivity contribution < 1.29 is 8.42 Å². The van der Waals surface area contributed by atoms with Crippen molar-refractivity contribution in [1.82, 2.24) is 19.3 Å². The Hall–Kier alpha value is -2.62. The molecule has 0 bridgehead atoms. The van der Waals surface area contributed by atoms with E-state index in [1.165, 1.54) is 11.3 Å². The minimum Gasteiger partial charge on any atom is -0.345 e. The van der Waals surface area contributed by atoms with Gasteiger partial charge in [-0.05, 0) is 24.3 Å². The molecular weight excluding hydrogens is 394 g/mol. The average molecular weight is 412 g/mol. The third-order valence-corrected chi connectivity index (χ3v) is 7.85. The molecule has 7 nitrogen and oxygen atoms in total. The Morgan fingerprint density at radius 1 is 0.893 bits per heavy atom. The maximum Gasteiger partial charge on any atom is 0.245 e. The molecule has 3 aromatic heterocycles. The highest BCUT2D eigenvalue weighted by atomic mass is 32.2. The first-order valence-electron chi connectivity index (χ1n) is 8.93. The fraction of sp³-hybridized carbons (Fsp3) is 0.211. The lowest BCUT2D eigenvalue weighted by Gasteiger charge is -2.33. The summed E-state index contributed by atoms with van der Waals surface area (Å²) in [5, 5.41) is 1.71. The molecule has 0 spiro atoms. The molecule has 0 atom stereocenters. The molecule has 4 heterocycles. The first kappa shape index (κ1) is 17.5. The molecule has 1 fully saturated rings. The van der Waals surface area contributed by atoms with Gasteiger partial charge in [0.05, 0.1) is 5.52 Å². The number of nitrogens with zero attached hydrogens (tertiary/aromatic N) is 5. The number of para-hydroxylation sites is 1. The van der Waals surface area contributed by atoms with Crippen LogP contribution in [0.2, 0.25) is 0 Å². The summed E-state index contributed by atoms with van der Waals surface area (Å²) in [5.41, 5.74) is 1.39. The molecule has 1 aromatic carbocycles. The fourth-order valence-electron chi connectivity index (χ4n) is 3.44. The van der Waals surface area contributed by atoms with E-state index in [4.69, 9.17) is 0 Å². The fourth-order valence-corrected chi connectivity index (χ4v) is 5.98. The standard InChI is InChI=1S/C19H17N5O2S2/c25-28(26,16-7-1-4-14-5-2-8-20-17(14)16)24-12-10-23(11-13-24)19-22-15-6-3-9-21-18(15)27-19/h1-9H,10-13H2. The molecule has 0 amide bonds. The Morgan fingerprint density at radius 3 is 2.46 bits per heavy atom. The molecule has 9 heteroatoms. The summed E-state index contributed by atoms with van der Waals surface area (Å²) in [6, 6.07) is 12.8. The van der Waals surface area contributed by atoms with E-state index in [0.29, 0.717) is 31.7 Å². The van der Waals surface area contributed by atoms with Crippen LogP contribution in [0.15, 0.2) is 59.8 Å². The minimum atomic E-state index is -3.60.